The molecule has 0 bridgehead atoms. The summed E-state index contributed by atoms with van der Waals surface area (Å²) >= 11 is 4.82. The second-order valence-electron chi connectivity index (χ2n) is 6.13. The number of rotatable bonds is 5. The Morgan fingerprint density at radius 2 is 2.00 bits per heavy atom. The molecule has 4 rings (SSSR count). The van der Waals surface area contributed by atoms with Gasteiger partial charge in [0.15, 0.2) is 5.13 Å². The van der Waals surface area contributed by atoms with Crippen molar-refractivity contribution in [2.45, 2.75) is 6.54 Å². The molecule has 0 N–H and O–H groups in total. The Bertz CT molecular complexity index is 1210. The van der Waals surface area contributed by atoms with E-state index in [9.17, 15) is 14.9 Å². The zero-order chi connectivity index (χ0) is 20.4. The van der Waals surface area contributed by atoms with Crippen LogP contribution < -0.4 is 4.90 Å². The summed E-state index contributed by atoms with van der Waals surface area (Å²) in [6.45, 7) is 0.198. The second-order valence-corrected chi connectivity index (χ2v) is 8.05. The molecule has 2 aromatic carbocycles. The molecule has 0 aliphatic carbocycles. The highest BCUT2D eigenvalue weighted by molar-refractivity contribution is 9.10. The summed E-state index contributed by atoms with van der Waals surface area (Å²) in [5.41, 5.74) is 1.54. The van der Waals surface area contributed by atoms with Crippen molar-refractivity contribution in [3.63, 3.8) is 0 Å². The van der Waals surface area contributed by atoms with Crippen molar-refractivity contribution in [2.24, 2.45) is 0 Å². The average molecular weight is 469 g/mol. The molecular weight excluding hydrogens is 456 g/mol. The third-order valence-electron chi connectivity index (χ3n) is 4.17. The largest absolute Gasteiger partial charge is 0.278 e. The molecule has 0 unspecified atom stereocenters. The first-order valence-electron chi connectivity index (χ1n) is 8.53. The molecule has 4 aromatic rings. The molecular formula is C20H13BrN4O3S. The van der Waals surface area contributed by atoms with Gasteiger partial charge in [0.05, 0.1) is 27.4 Å². The molecule has 2 aromatic heterocycles. The van der Waals surface area contributed by atoms with Crippen LogP contribution in [0.2, 0.25) is 0 Å². The van der Waals surface area contributed by atoms with Crippen LogP contribution in [0.3, 0.4) is 0 Å². The zero-order valence-corrected chi connectivity index (χ0v) is 17.3. The van der Waals surface area contributed by atoms with E-state index < -0.39 is 4.92 Å². The van der Waals surface area contributed by atoms with Crippen LogP contribution in [0.5, 0.6) is 0 Å². The summed E-state index contributed by atoms with van der Waals surface area (Å²) in [6.07, 6.45) is 1.65. The van der Waals surface area contributed by atoms with E-state index in [1.165, 1.54) is 34.4 Å². The number of pyridine rings is 1. The molecule has 0 aliphatic rings. The average Bonchev–Trinajstić information content (AvgIpc) is 3.15. The third kappa shape index (κ3) is 4.15. The molecule has 9 heteroatoms. The number of fused-ring (bicyclic) bond motifs is 1. The molecule has 29 heavy (non-hydrogen) atoms. The summed E-state index contributed by atoms with van der Waals surface area (Å²) < 4.78 is 1.84. The number of amides is 1. The lowest BCUT2D eigenvalue weighted by molar-refractivity contribution is -0.384. The number of non-ortho nitro benzene ring substituents is 1. The predicted molar refractivity (Wildman–Crippen MR) is 115 cm³/mol. The van der Waals surface area contributed by atoms with Crippen LogP contribution in [0.1, 0.15) is 16.1 Å². The van der Waals surface area contributed by atoms with E-state index in [1.807, 2.05) is 30.3 Å². The van der Waals surface area contributed by atoms with Gasteiger partial charge in [0.1, 0.15) is 0 Å². The number of nitrogens with zero attached hydrogens (tertiary/aromatic N) is 4. The molecule has 7 nitrogen and oxygen atoms in total. The topological polar surface area (TPSA) is 89.2 Å². The molecule has 0 radical (unpaired) electrons. The first kappa shape index (κ1) is 19.2. The fraction of sp³-hybridized carbons (Fsp3) is 0.0500. The maximum absolute atomic E-state index is 13.3. The van der Waals surface area contributed by atoms with Crippen LogP contribution in [-0.4, -0.2) is 20.8 Å². The molecule has 1 amide bonds. The van der Waals surface area contributed by atoms with E-state index >= 15 is 0 Å². The van der Waals surface area contributed by atoms with Crippen molar-refractivity contribution in [3.05, 3.63) is 92.7 Å². The molecule has 0 fully saturated rings. The number of hydrogen-bond donors (Lipinski definition) is 0. The highest BCUT2D eigenvalue weighted by atomic mass is 79.9. The van der Waals surface area contributed by atoms with E-state index in [-0.39, 0.29) is 23.7 Å². The lowest BCUT2D eigenvalue weighted by atomic mass is 10.1. The van der Waals surface area contributed by atoms with E-state index in [0.717, 1.165) is 14.7 Å². The van der Waals surface area contributed by atoms with Gasteiger partial charge in [-0.05, 0) is 36.4 Å². The highest BCUT2D eigenvalue weighted by Gasteiger charge is 2.23. The zero-order valence-electron chi connectivity index (χ0n) is 14.9. The number of aromatic nitrogens is 2. The molecule has 2 heterocycles. The molecule has 0 saturated carbocycles. The molecule has 144 valence electrons. The molecule has 0 atom stereocenters. The van der Waals surface area contributed by atoms with Crippen molar-refractivity contribution >= 4 is 54.2 Å². The number of benzene rings is 2. The smallest absolute Gasteiger partial charge is 0.270 e. The fourth-order valence-corrected chi connectivity index (χ4v) is 4.31. The molecule has 0 spiro atoms. The predicted octanol–water partition coefficient (Wildman–Crippen LogP) is 5.21. The van der Waals surface area contributed by atoms with E-state index in [4.69, 9.17) is 0 Å². The number of thiazole rings is 1. The van der Waals surface area contributed by atoms with Gasteiger partial charge < -0.3 is 0 Å². The van der Waals surface area contributed by atoms with Gasteiger partial charge in [-0.25, -0.2) is 4.98 Å². The van der Waals surface area contributed by atoms with Crippen LogP contribution in [0.25, 0.3) is 10.2 Å². The number of halogens is 1. The Morgan fingerprint density at radius 3 is 2.76 bits per heavy atom. The lowest BCUT2D eigenvalue weighted by Gasteiger charge is -2.19. The number of carbonyl (C=O) groups is 1. The minimum absolute atomic E-state index is 0.137. The normalized spacial score (nSPS) is 10.8. The first-order valence-corrected chi connectivity index (χ1v) is 10.1. The Hall–Kier alpha value is -3.17. The van der Waals surface area contributed by atoms with Crippen LogP contribution in [0.4, 0.5) is 10.8 Å². The SMILES string of the molecule is O=C(c1cccc([N+](=O)[O-])c1)N(Cc1ccccn1)c1nc2ccc(Br)cc2s1. The van der Waals surface area contributed by atoms with Crippen molar-refractivity contribution in [2.75, 3.05) is 4.90 Å². The van der Waals surface area contributed by atoms with E-state index in [2.05, 4.69) is 25.9 Å². The van der Waals surface area contributed by atoms with E-state index in [1.54, 1.807) is 18.3 Å². The first-order chi connectivity index (χ1) is 14.0. The van der Waals surface area contributed by atoms with Gasteiger partial charge in [0.25, 0.3) is 11.6 Å². The Balaban J connectivity index is 1.77. The van der Waals surface area contributed by atoms with Gasteiger partial charge in [-0.15, -0.1) is 0 Å². The summed E-state index contributed by atoms with van der Waals surface area (Å²) in [5, 5.41) is 11.6. The number of hydrogen-bond acceptors (Lipinski definition) is 6. The van der Waals surface area contributed by atoms with E-state index in [0.29, 0.717) is 10.8 Å². The second kappa shape index (κ2) is 8.06. The number of nitro groups is 1. The fourth-order valence-electron chi connectivity index (χ4n) is 2.79. The maximum atomic E-state index is 13.3. The minimum Gasteiger partial charge on any atom is -0.278 e. The van der Waals surface area contributed by atoms with Gasteiger partial charge in [-0.3, -0.25) is 24.8 Å². The number of nitro benzene ring substituents is 1. The number of anilines is 1. The summed E-state index contributed by atoms with van der Waals surface area (Å²) in [4.78, 5) is 34.3. The van der Waals surface area contributed by atoms with Gasteiger partial charge in [-0.2, -0.15) is 0 Å². The monoisotopic (exact) mass is 468 g/mol. The van der Waals surface area contributed by atoms with Crippen LogP contribution in [-0.2, 0) is 6.54 Å². The maximum Gasteiger partial charge on any atom is 0.270 e. The summed E-state index contributed by atoms with van der Waals surface area (Å²) in [6, 6.07) is 16.8. The Kier molecular flexibility index (Phi) is 5.32. The van der Waals surface area contributed by atoms with Crippen LogP contribution in [0.15, 0.2) is 71.3 Å². The quantitative estimate of drug-likeness (QED) is 0.296. The Labute approximate surface area is 177 Å². The highest BCUT2D eigenvalue weighted by Crippen LogP contribution is 2.32. The van der Waals surface area contributed by atoms with Crippen molar-refractivity contribution in [1.82, 2.24) is 9.97 Å². The number of carbonyl (C=O) groups excluding carboxylic acids is 1. The third-order valence-corrected chi connectivity index (χ3v) is 5.70. The van der Waals surface area contributed by atoms with Gasteiger partial charge in [0.2, 0.25) is 0 Å². The summed E-state index contributed by atoms with van der Waals surface area (Å²) in [5.74, 6) is -0.377. The minimum atomic E-state index is -0.519. The van der Waals surface area contributed by atoms with Gasteiger partial charge >= 0.3 is 0 Å². The molecule has 0 saturated heterocycles. The van der Waals surface area contributed by atoms with Gasteiger partial charge in [-0.1, -0.05) is 39.4 Å². The van der Waals surface area contributed by atoms with Gasteiger partial charge in [0, 0.05) is 28.4 Å². The van der Waals surface area contributed by atoms with Crippen LogP contribution in [0, 0.1) is 10.1 Å². The van der Waals surface area contributed by atoms with Crippen molar-refractivity contribution in [3.8, 4) is 0 Å². The standard InChI is InChI=1S/C20H13BrN4O3S/c21-14-7-8-17-18(11-14)29-20(23-17)24(12-15-5-1-2-9-22-15)19(26)13-4-3-6-16(10-13)25(27)28/h1-11H,12H2. The lowest BCUT2D eigenvalue weighted by Crippen LogP contribution is -2.30. The van der Waals surface area contributed by atoms with Crippen molar-refractivity contribution < 1.29 is 9.72 Å². The summed E-state index contributed by atoms with van der Waals surface area (Å²) in [7, 11) is 0. The Morgan fingerprint density at radius 1 is 1.14 bits per heavy atom. The van der Waals surface area contributed by atoms with Crippen molar-refractivity contribution in [1.29, 1.82) is 0 Å². The molecule has 0 aliphatic heterocycles. The van der Waals surface area contributed by atoms with Crippen LogP contribution >= 0.6 is 27.3 Å².